The van der Waals surface area contributed by atoms with E-state index < -0.39 is 0 Å². The largest absolute Gasteiger partial charge is 0.256 e. The Kier molecular flexibility index (Phi) is 6.43. The van der Waals surface area contributed by atoms with E-state index in [-0.39, 0.29) is 0 Å². The molecule has 0 unspecified atom stereocenters. The molecular weight excluding hydrogens is 296 g/mol. The summed E-state index contributed by atoms with van der Waals surface area (Å²) in [6, 6.07) is 26.6. The molecular formula is C20H14N4. The zero-order chi connectivity index (χ0) is 17.0. The molecule has 0 aliphatic carbocycles. The van der Waals surface area contributed by atoms with Crippen molar-refractivity contribution in [2.24, 2.45) is 0 Å². The summed E-state index contributed by atoms with van der Waals surface area (Å²) in [6.07, 6.45) is 3.62. The van der Waals surface area contributed by atoms with Crippen molar-refractivity contribution in [2.45, 2.75) is 0 Å². The van der Waals surface area contributed by atoms with E-state index in [0.29, 0.717) is 0 Å². The minimum absolute atomic E-state index is 1.06. The first kappa shape index (κ1) is 16.6. The third-order valence-electron chi connectivity index (χ3n) is 3.07. The SMILES string of the molecule is N#CC#N.c1ccc2ncccc2c1.c1ccc2ncccc2c1. The number of rotatable bonds is 0. The fourth-order valence-corrected chi connectivity index (χ4v) is 2.03. The van der Waals surface area contributed by atoms with Gasteiger partial charge in [0.2, 0.25) is 0 Å². The molecule has 4 rings (SSSR count). The number of hydrogen-bond acceptors (Lipinski definition) is 4. The molecule has 4 aromatic rings. The molecule has 0 aliphatic rings. The van der Waals surface area contributed by atoms with Gasteiger partial charge in [0.25, 0.3) is 0 Å². The lowest BCUT2D eigenvalue weighted by molar-refractivity contribution is 1.41. The van der Waals surface area contributed by atoms with Crippen molar-refractivity contribution in [1.29, 1.82) is 10.5 Å². The van der Waals surface area contributed by atoms with E-state index in [2.05, 4.69) is 34.2 Å². The predicted molar refractivity (Wildman–Crippen MR) is 94.7 cm³/mol. The molecule has 0 N–H and O–H groups in total. The van der Waals surface area contributed by atoms with Crippen molar-refractivity contribution in [3.63, 3.8) is 0 Å². The van der Waals surface area contributed by atoms with E-state index >= 15 is 0 Å². The Bertz CT molecular complexity index is 783. The smallest absolute Gasteiger partial charge is 0.181 e. The minimum Gasteiger partial charge on any atom is -0.256 e. The van der Waals surface area contributed by atoms with Gasteiger partial charge in [-0.25, -0.2) is 0 Å². The summed E-state index contributed by atoms with van der Waals surface area (Å²) >= 11 is 0. The van der Waals surface area contributed by atoms with Crippen LogP contribution in [0.1, 0.15) is 0 Å². The van der Waals surface area contributed by atoms with Crippen LogP contribution in [0, 0.1) is 22.7 Å². The van der Waals surface area contributed by atoms with Gasteiger partial charge in [0.1, 0.15) is 0 Å². The first-order valence-electron chi connectivity index (χ1n) is 7.23. The van der Waals surface area contributed by atoms with Crippen LogP contribution in [0.3, 0.4) is 0 Å². The van der Waals surface area contributed by atoms with Crippen LogP contribution in [0.5, 0.6) is 0 Å². The Labute approximate surface area is 140 Å². The predicted octanol–water partition coefficient (Wildman–Crippen LogP) is 4.50. The topological polar surface area (TPSA) is 73.4 Å². The zero-order valence-corrected chi connectivity index (χ0v) is 12.9. The van der Waals surface area contributed by atoms with Crippen LogP contribution in [-0.2, 0) is 0 Å². The number of pyridine rings is 2. The van der Waals surface area contributed by atoms with Crippen molar-refractivity contribution in [3.8, 4) is 12.1 Å². The van der Waals surface area contributed by atoms with Gasteiger partial charge in [-0.3, -0.25) is 9.97 Å². The lowest BCUT2D eigenvalue weighted by Gasteiger charge is -1.91. The molecule has 0 amide bonds. The minimum atomic E-state index is 1.06. The van der Waals surface area contributed by atoms with E-state index in [1.165, 1.54) is 22.9 Å². The second-order valence-corrected chi connectivity index (χ2v) is 4.62. The maximum Gasteiger partial charge on any atom is 0.181 e. The van der Waals surface area contributed by atoms with Crippen molar-refractivity contribution in [2.75, 3.05) is 0 Å². The first-order valence-corrected chi connectivity index (χ1v) is 7.23. The Morgan fingerprint density at radius 2 is 0.917 bits per heavy atom. The number of hydrogen-bond donors (Lipinski definition) is 0. The van der Waals surface area contributed by atoms with Crippen LogP contribution >= 0.6 is 0 Å². The van der Waals surface area contributed by atoms with E-state index in [0.717, 1.165) is 11.0 Å². The van der Waals surface area contributed by atoms with Gasteiger partial charge in [0, 0.05) is 23.2 Å². The van der Waals surface area contributed by atoms with Gasteiger partial charge in [-0.15, -0.1) is 0 Å². The third kappa shape index (κ3) is 4.91. The molecule has 2 heterocycles. The lowest BCUT2D eigenvalue weighted by Crippen LogP contribution is -1.73. The normalized spacial score (nSPS) is 8.75. The van der Waals surface area contributed by atoms with Crippen molar-refractivity contribution in [1.82, 2.24) is 9.97 Å². The molecule has 0 radical (unpaired) electrons. The molecule has 0 aliphatic heterocycles. The van der Waals surface area contributed by atoms with Crippen molar-refractivity contribution >= 4 is 21.8 Å². The van der Waals surface area contributed by atoms with Crippen LogP contribution in [0.25, 0.3) is 21.8 Å². The van der Waals surface area contributed by atoms with Gasteiger partial charge in [-0.1, -0.05) is 48.5 Å². The molecule has 114 valence electrons. The van der Waals surface area contributed by atoms with Crippen molar-refractivity contribution < 1.29 is 0 Å². The Morgan fingerprint density at radius 3 is 1.29 bits per heavy atom. The highest BCUT2D eigenvalue weighted by Crippen LogP contribution is 2.08. The van der Waals surface area contributed by atoms with Gasteiger partial charge in [-0.05, 0) is 24.3 Å². The zero-order valence-electron chi connectivity index (χ0n) is 12.9. The average molecular weight is 310 g/mol. The number of para-hydroxylation sites is 2. The molecule has 2 aromatic carbocycles. The van der Waals surface area contributed by atoms with Crippen molar-refractivity contribution in [3.05, 3.63) is 85.2 Å². The maximum atomic E-state index is 7.26. The third-order valence-corrected chi connectivity index (χ3v) is 3.07. The van der Waals surface area contributed by atoms with E-state index in [4.69, 9.17) is 10.5 Å². The van der Waals surface area contributed by atoms with E-state index in [1.807, 2.05) is 60.9 Å². The molecule has 0 bridgehead atoms. The molecule has 0 atom stereocenters. The quantitative estimate of drug-likeness (QED) is 0.479. The summed E-state index contributed by atoms with van der Waals surface area (Å²) in [4.78, 5) is 8.36. The van der Waals surface area contributed by atoms with Crippen LogP contribution < -0.4 is 0 Å². The van der Waals surface area contributed by atoms with E-state index in [1.54, 1.807) is 0 Å². The second kappa shape index (κ2) is 9.30. The van der Waals surface area contributed by atoms with Crippen LogP contribution in [0.2, 0.25) is 0 Å². The van der Waals surface area contributed by atoms with Gasteiger partial charge in [0.15, 0.2) is 12.1 Å². The summed E-state index contributed by atoms with van der Waals surface area (Å²) in [5, 5.41) is 16.9. The van der Waals surface area contributed by atoms with Gasteiger partial charge in [-0.2, -0.15) is 10.5 Å². The Hall–Kier alpha value is -3.76. The highest BCUT2D eigenvalue weighted by molar-refractivity contribution is 5.78. The number of nitriles is 2. The molecule has 0 fully saturated rings. The average Bonchev–Trinajstić information content (AvgIpc) is 2.69. The molecule has 4 heteroatoms. The molecule has 24 heavy (non-hydrogen) atoms. The fraction of sp³-hybridized carbons (Fsp3) is 0. The van der Waals surface area contributed by atoms with Gasteiger partial charge >= 0.3 is 0 Å². The number of aromatic nitrogens is 2. The highest BCUT2D eigenvalue weighted by Gasteiger charge is 1.87. The van der Waals surface area contributed by atoms with Gasteiger partial charge < -0.3 is 0 Å². The maximum absolute atomic E-state index is 7.26. The Balaban J connectivity index is 0.000000143. The van der Waals surface area contributed by atoms with Crippen LogP contribution in [-0.4, -0.2) is 9.97 Å². The van der Waals surface area contributed by atoms with Crippen LogP contribution in [0.15, 0.2) is 85.2 Å². The number of benzene rings is 2. The number of nitrogens with zero attached hydrogens (tertiary/aromatic N) is 4. The second-order valence-electron chi connectivity index (χ2n) is 4.62. The standard InChI is InChI=1S/2C9H7N.C2N2/c2*1-2-6-9-8(4-1)5-3-7-10-9;3-1-2-4/h2*1-7H;. The Morgan fingerprint density at radius 1 is 0.542 bits per heavy atom. The van der Waals surface area contributed by atoms with Gasteiger partial charge in [0.05, 0.1) is 11.0 Å². The summed E-state index contributed by atoms with van der Waals surface area (Å²) < 4.78 is 0. The summed E-state index contributed by atoms with van der Waals surface area (Å²) in [5.74, 6) is 0. The fourth-order valence-electron chi connectivity index (χ4n) is 2.03. The van der Waals surface area contributed by atoms with E-state index in [9.17, 15) is 0 Å². The van der Waals surface area contributed by atoms with Crippen LogP contribution in [0.4, 0.5) is 0 Å². The first-order chi connectivity index (χ1) is 11.8. The summed E-state index contributed by atoms with van der Waals surface area (Å²) in [6.45, 7) is 0. The highest BCUT2D eigenvalue weighted by atomic mass is 14.6. The molecule has 2 aromatic heterocycles. The molecule has 0 saturated carbocycles. The lowest BCUT2D eigenvalue weighted by atomic mass is 10.2. The molecule has 0 saturated heterocycles. The number of fused-ring (bicyclic) bond motifs is 2. The molecule has 0 spiro atoms. The monoisotopic (exact) mass is 310 g/mol. The molecule has 4 nitrogen and oxygen atoms in total. The summed E-state index contributed by atoms with van der Waals surface area (Å²) in [7, 11) is 0. The summed E-state index contributed by atoms with van der Waals surface area (Å²) in [5.41, 5.74) is 2.12.